The molecule has 1 fully saturated rings. The molecule has 0 radical (unpaired) electrons. The SMILES string of the molecule is CCN(CC)C(=O)c1ccc(C(c2cccc(NC(=O)O)c2)N2CCN(Cc3ccoc3)CC2)cc1. The number of furan rings is 1. The predicted molar refractivity (Wildman–Crippen MR) is 139 cm³/mol. The molecule has 2 N–H and O–H groups in total. The van der Waals surface area contributed by atoms with E-state index < -0.39 is 6.09 Å². The highest BCUT2D eigenvalue weighted by Gasteiger charge is 2.27. The molecule has 4 rings (SSSR count). The lowest BCUT2D eigenvalue weighted by atomic mass is 9.94. The molecule has 2 aromatic carbocycles. The first-order valence-electron chi connectivity index (χ1n) is 12.4. The summed E-state index contributed by atoms with van der Waals surface area (Å²) < 4.78 is 5.21. The topological polar surface area (TPSA) is 89.3 Å². The summed E-state index contributed by atoms with van der Waals surface area (Å²) in [6.45, 7) is 9.71. The Hall–Kier alpha value is -3.62. The van der Waals surface area contributed by atoms with Crippen LogP contribution >= 0.6 is 0 Å². The molecular weight excluding hydrogens is 456 g/mol. The van der Waals surface area contributed by atoms with Gasteiger partial charge in [0, 0.05) is 62.6 Å². The molecule has 1 aliphatic heterocycles. The number of nitrogens with one attached hydrogen (secondary N) is 1. The van der Waals surface area contributed by atoms with Gasteiger partial charge in [0.1, 0.15) is 0 Å². The van der Waals surface area contributed by atoms with Gasteiger partial charge in [0.2, 0.25) is 0 Å². The van der Waals surface area contributed by atoms with Gasteiger partial charge in [-0.3, -0.25) is 19.9 Å². The monoisotopic (exact) mass is 490 g/mol. The second-order valence-electron chi connectivity index (χ2n) is 9.00. The number of hydrogen-bond acceptors (Lipinski definition) is 5. The van der Waals surface area contributed by atoms with Crippen molar-refractivity contribution in [3.63, 3.8) is 0 Å². The van der Waals surface area contributed by atoms with E-state index in [-0.39, 0.29) is 11.9 Å². The summed E-state index contributed by atoms with van der Waals surface area (Å²) in [6.07, 6.45) is 2.40. The highest BCUT2D eigenvalue weighted by Crippen LogP contribution is 2.32. The number of amides is 2. The number of carbonyl (C=O) groups is 2. The third-order valence-corrected chi connectivity index (χ3v) is 6.74. The third-order valence-electron chi connectivity index (χ3n) is 6.74. The second kappa shape index (κ2) is 11.9. The lowest BCUT2D eigenvalue weighted by Crippen LogP contribution is -2.47. The van der Waals surface area contributed by atoms with Crippen LogP contribution in [0.15, 0.2) is 71.5 Å². The van der Waals surface area contributed by atoms with Gasteiger partial charge in [0.25, 0.3) is 5.91 Å². The van der Waals surface area contributed by atoms with Gasteiger partial charge < -0.3 is 14.4 Å². The van der Waals surface area contributed by atoms with E-state index in [2.05, 4.69) is 15.1 Å². The minimum atomic E-state index is -1.09. The Morgan fingerprint density at radius 3 is 2.33 bits per heavy atom. The summed E-state index contributed by atoms with van der Waals surface area (Å²) in [5.41, 5.74) is 4.46. The molecule has 0 spiro atoms. The molecule has 3 aromatic rings. The van der Waals surface area contributed by atoms with Crippen molar-refractivity contribution in [2.75, 3.05) is 44.6 Å². The van der Waals surface area contributed by atoms with Gasteiger partial charge in [-0.1, -0.05) is 24.3 Å². The van der Waals surface area contributed by atoms with Crippen LogP contribution in [0.3, 0.4) is 0 Å². The number of rotatable bonds is 9. The van der Waals surface area contributed by atoms with Crippen molar-refractivity contribution >= 4 is 17.7 Å². The smallest absolute Gasteiger partial charge is 0.409 e. The molecule has 1 aliphatic rings. The van der Waals surface area contributed by atoms with E-state index in [0.717, 1.165) is 43.9 Å². The van der Waals surface area contributed by atoms with Gasteiger partial charge in [-0.15, -0.1) is 0 Å². The highest BCUT2D eigenvalue weighted by molar-refractivity contribution is 5.94. The fourth-order valence-corrected chi connectivity index (χ4v) is 4.85. The molecule has 8 nitrogen and oxygen atoms in total. The zero-order valence-corrected chi connectivity index (χ0v) is 20.9. The van der Waals surface area contributed by atoms with E-state index in [1.165, 1.54) is 5.56 Å². The van der Waals surface area contributed by atoms with Crippen LogP contribution in [-0.4, -0.2) is 71.1 Å². The third kappa shape index (κ3) is 6.13. The molecule has 0 saturated carbocycles. The fraction of sp³-hybridized carbons (Fsp3) is 0.357. The minimum Gasteiger partial charge on any atom is -0.472 e. The summed E-state index contributed by atoms with van der Waals surface area (Å²) in [4.78, 5) is 30.7. The van der Waals surface area contributed by atoms with Gasteiger partial charge in [-0.2, -0.15) is 0 Å². The number of anilines is 1. The van der Waals surface area contributed by atoms with Crippen molar-refractivity contribution in [3.05, 3.63) is 89.4 Å². The number of benzene rings is 2. The Morgan fingerprint density at radius 2 is 1.72 bits per heavy atom. The maximum absolute atomic E-state index is 12.8. The molecule has 1 unspecified atom stereocenters. The van der Waals surface area contributed by atoms with Crippen LogP contribution < -0.4 is 5.32 Å². The molecular formula is C28H34N4O4. The zero-order chi connectivity index (χ0) is 25.5. The van der Waals surface area contributed by atoms with E-state index in [0.29, 0.717) is 24.3 Å². The summed E-state index contributed by atoms with van der Waals surface area (Å²) in [6, 6.07) is 17.3. The van der Waals surface area contributed by atoms with E-state index in [9.17, 15) is 14.7 Å². The Morgan fingerprint density at radius 1 is 1.00 bits per heavy atom. The number of carbonyl (C=O) groups excluding carboxylic acids is 1. The zero-order valence-electron chi connectivity index (χ0n) is 20.9. The molecule has 8 heteroatoms. The molecule has 2 amide bonds. The molecule has 190 valence electrons. The Labute approximate surface area is 212 Å². The molecule has 36 heavy (non-hydrogen) atoms. The van der Waals surface area contributed by atoms with Crippen LogP contribution in [0.4, 0.5) is 10.5 Å². The average molecular weight is 491 g/mol. The number of nitrogens with zero attached hydrogens (tertiary/aromatic N) is 3. The lowest BCUT2D eigenvalue weighted by Gasteiger charge is -2.39. The molecule has 0 aliphatic carbocycles. The van der Waals surface area contributed by atoms with Gasteiger partial charge in [-0.05, 0) is 55.3 Å². The van der Waals surface area contributed by atoms with Gasteiger partial charge in [0.05, 0.1) is 18.6 Å². The van der Waals surface area contributed by atoms with Crippen LogP contribution in [0.1, 0.15) is 46.9 Å². The van der Waals surface area contributed by atoms with Crippen molar-refractivity contribution < 1.29 is 19.1 Å². The molecule has 0 bridgehead atoms. The van der Waals surface area contributed by atoms with Crippen molar-refractivity contribution in [3.8, 4) is 0 Å². The average Bonchev–Trinajstić information content (AvgIpc) is 3.39. The van der Waals surface area contributed by atoms with Crippen molar-refractivity contribution in [1.82, 2.24) is 14.7 Å². The van der Waals surface area contributed by atoms with E-state index in [1.807, 2.05) is 67.3 Å². The summed E-state index contributed by atoms with van der Waals surface area (Å²) in [5.74, 6) is 0.0311. The summed E-state index contributed by atoms with van der Waals surface area (Å²) in [7, 11) is 0. The van der Waals surface area contributed by atoms with Crippen LogP contribution in [0.25, 0.3) is 0 Å². The second-order valence-corrected chi connectivity index (χ2v) is 9.00. The standard InChI is InChI=1S/C28H34N4O4/c1-3-31(4-2)27(33)23-10-8-22(9-11-23)26(24-6-5-7-25(18-24)29-28(34)35)32-15-13-30(14-16-32)19-21-12-17-36-20-21/h5-12,17-18,20,26,29H,3-4,13-16,19H2,1-2H3,(H,34,35). The van der Waals surface area contributed by atoms with Crippen molar-refractivity contribution in [2.24, 2.45) is 0 Å². The molecule has 1 saturated heterocycles. The minimum absolute atomic E-state index is 0.0311. The lowest BCUT2D eigenvalue weighted by molar-refractivity contribution is 0.0772. The Bertz CT molecular complexity index is 1130. The maximum atomic E-state index is 12.8. The van der Waals surface area contributed by atoms with E-state index in [1.54, 1.807) is 18.6 Å². The van der Waals surface area contributed by atoms with Crippen LogP contribution in [0, 0.1) is 0 Å². The van der Waals surface area contributed by atoms with E-state index >= 15 is 0 Å². The van der Waals surface area contributed by atoms with Gasteiger partial charge in [-0.25, -0.2) is 4.79 Å². The Balaban J connectivity index is 1.58. The number of hydrogen-bond donors (Lipinski definition) is 2. The number of carboxylic acid groups (broad SMARTS) is 1. The first kappa shape index (κ1) is 25.5. The van der Waals surface area contributed by atoms with Crippen molar-refractivity contribution in [1.29, 1.82) is 0 Å². The summed E-state index contributed by atoms with van der Waals surface area (Å²) >= 11 is 0. The molecule has 2 heterocycles. The van der Waals surface area contributed by atoms with Gasteiger partial charge >= 0.3 is 6.09 Å². The van der Waals surface area contributed by atoms with Crippen LogP contribution in [-0.2, 0) is 6.54 Å². The first-order valence-corrected chi connectivity index (χ1v) is 12.4. The van der Waals surface area contributed by atoms with Crippen molar-refractivity contribution in [2.45, 2.75) is 26.4 Å². The largest absolute Gasteiger partial charge is 0.472 e. The van der Waals surface area contributed by atoms with E-state index in [4.69, 9.17) is 4.42 Å². The fourth-order valence-electron chi connectivity index (χ4n) is 4.85. The quantitative estimate of drug-likeness (QED) is 0.450. The first-order chi connectivity index (χ1) is 17.5. The van der Waals surface area contributed by atoms with Crippen LogP contribution in [0.2, 0.25) is 0 Å². The maximum Gasteiger partial charge on any atom is 0.409 e. The molecule has 1 atom stereocenters. The molecule has 1 aromatic heterocycles. The van der Waals surface area contributed by atoms with Gasteiger partial charge in [0.15, 0.2) is 0 Å². The Kier molecular flexibility index (Phi) is 8.40. The normalized spacial score (nSPS) is 15.4. The summed E-state index contributed by atoms with van der Waals surface area (Å²) in [5, 5.41) is 11.7. The highest BCUT2D eigenvalue weighted by atomic mass is 16.4. The van der Waals surface area contributed by atoms with Crippen LogP contribution in [0.5, 0.6) is 0 Å². The predicted octanol–water partition coefficient (Wildman–Crippen LogP) is 4.76. The number of piperazine rings is 1.